The quantitative estimate of drug-likeness (QED) is 0.746. The van der Waals surface area contributed by atoms with Crippen LogP contribution in [-0.2, 0) is 0 Å². The van der Waals surface area contributed by atoms with Gasteiger partial charge in [0.1, 0.15) is 5.65 Å². The van der Waals surface area contributed by atoms with Gasteiger partial charge in [0.15, 0.2) is 11.5 Å². The third-order valence-electron chi connectivity index (χ3n) is 3.26. The lowest BCUT2D eigenvalue weighted by atomic mass is 10.2. The molecule has 0 amide bonds. The van der Waals surface area contributed by atoms with E-state index in [1.165, 1.54) is 0 Å². The van der Waals surface area contributed by atoms with Crippen LogP contribution in [0.2, 0.25) is 0 Å². The zero-order valence-electron chi connectivity index (χ0n) is 12.1. The molecule has 0 saturated heterocycles. The molecule has 2 aromatic heterocycles. The average Bonchev–Trinajstić information content (AvgIpc) is 2.93. The highest BCUT2D eigenvalue weighted by Gasteiger charge is 2.19. The Bertz CT molecular complexity index is 982. The number of rotatable bonds is 3. The van der Waals surface area contributed by atoms with E-state index in [1.807, 2.05) is 19.1 Å². The summed E-state index contributed by atoms with van der Waals surface area (Å²) in [5, 5.41) is 26.3. The molecular weight excluding hydrogens is 294 g/mol. The molecule has 3 rings (SSSR count). The Kier molecular flexibility index (Phi) is 3.57. The summed E-state index contributed by atoms with van der Waals surface area (Å²) < 4.78 is 1.58. The predicted molar refractivity (Wildman–Crippen MR) is 82.2 cm³/mol. The van der Waals surface area contributed by atoms with Gasteiger partial charge in [-0.1, -0.05) is 12.1 Å². The Morgan fingerprint density at radius 1 is 1.30 bits per heavy atom. The van der Waals surface area contributed by atoms with E-state index >= 15 is 0 Å². The predicted octanol–water partition coefficient (Wildman–Crippen LogP) is 3.63. The molecule has 0 bridgehead atoms. The molecule has 0 radical (unpaired) electrons. The van der Waals surface area contributed by atoms with Crippen LogP contribution in [-0.4, -0.2) is 20.5 Å². The summed E-state index contributed by atoms with van der Waals surface area (Å²) in [6.07, 6.45) is 1.68. The van der Waals surface area contributed by atoms with E-state index in [-0.39, 0.29) is 11.5 Å². The Balaban J connectivity index is 2.13. The van der Waals surface area contributed by atoms with Crippen LogP contribution in [0.4, 0.5) is 11.5 Å². The minimum absolute atomic E-state index is 0.138. The van der Waals surface area contributed by atoms with Gasteiger partial charge in [-0.05, 0) is 36.8 Å². The van der Waals surface area contributed by atoms with Gasteiger partial charge in [0.2, 0.25) is 0 Å². The third kappa shape index (κ3) is 2.65. The molecule has 7 nitrogen and oxygen atoms in total. The van der Waals surface area contributed by atoms with E-state index in [1.54, 1.807) is 40.9 Å². The molecule has 0 aliphatic carbocycles. The molecule has 0 aliphatic heterocycles. The fourth-order valence-corrected chi connectivity index (χ4v) is 2.17. The number of carboxylic acids is 1. The number of carbonyl (C=O) groups is 1. The van der Waals surface area contributed by atoms with Crippen molar-refractivity contribution in [2.75, 3.05) is 0 Å². The first-order chi connectivity index (χ1) is 11.1. The van der Waals surface area contributed by atoms with Crippen LogP contribution in [0.1, 0.15) is 21.6 Å². The van der Waals surface area contributed by atoms with Crippen molar-refractivity contribution in [1.29, 1.82) is 5.26 Å². The molecule has 1 aromatic carbocycles. The molecule has 23 heavy (non-hydrogen) atoms. The molecule has 0 unspecified atom stereocenters. The van der Waals surface area contributed by atoms with Crippen LogP contribution < -0.4 is 0 Å². The molecule has 0 aliphatic rings. The fourth-order valence-electron chi connectivity index (χ4n) is 2.17. The van der Waals surface area contributed by atoms with Crippen molar-refractivity contribution < 1.29 is 9.90 Å². The van der Waals surface area contributed by atoms with Gasteiger partial charge in [0.05, 0.1) is 17.3 Å². The number of nitriles is 1. The van der Waals surface area contributed by atoms with Crippen molar-refractivity contribution in [3.05, 3.63) is 59.4 Å². The van der Waals surface area contributed by atoms with E-state index in [4.69, 9.17) is 5.26 Å². The fraction of sp³-hybridized carbons (Fsp3) is 0.0625. The largest absolute Gasteiger partial charge is 0.476 e. The highest BCUT2D eigenvalue weighted by Crippen LogP contribution is 2.25. The first kappa shape index (κ1) is 14.4. The maximum Gasteiger partial charge on any atom is 0.358 e. The summed E-state index contributed by atoms with van der Waals surface area (Å²) in [4.78, 5) is 15.5. The standard InChI is InChI=1S/C16H11N5O2/c1-10-4-3-7-21-14(10)18-13(16(22)23)15(21)20-19-12-6-2-5-11(8-12)9-17/h2-8H,1H3,(H,22,23). The summed E-state index contributed by atoms with van der Waals surface area (Å²) >= 11 is 0. The molecular formula is C16H11N5O2. The minimum Gasteiger partial charge on any atom is -0.476 e. The summed E-state index contributed by atoms with van der Waals surface area (Å²) in [6, 6.07) is 12.2. The lowest BCUT2D eigenvalue weighted by Crippen LogP contribution is -1.96. The monoisotopic (exact) mass is 305 g/mol. The van der Waals surface area contributed by atoms with Gasteiger partial charge >= 0.3 is 5.97 Å². The maximum absolute atomic E-state index is 11.4. The van der Waals surface area contributed by atoms with Crippen molar-refractivity contribution >= 4 is 23.1 Å². The summed E-state index contributed by atoms with van der Waals surface area (Å²) in [6.45, 7) is 1.84. The lowest BCUT2D eigenvalue weighted by Gasteiger charge is -1.98. The van der Waals surface area contributed by atoms with E-state index in [0.717, 1.165) is 5.56 Å². The van der Waals surface area contributed by atoms with Crippen LogP contribution in [0.5, 0.6) is 0 Å². The molecule has 2 heterocycles. The molecule has 0 spiro atoms. The summed E-state index contributed by atoms with van der Waals surface area (Å²) in [7, 11) is 0. The molecule has 0 atom stereocenters. The van der Waals surface area contributed by atoms with Gasteiger partial charge in [-0.25, -0.2) is 9.78 Å². The Hall–Kier alpha value is -3.53. The van der Waals surface area contributed by atoms with Gasteiger partial charge in [0, 0.05) is 6.20 Å². The van der Waals surface area contributed by atoms with Crippen molar-refractivity contribution in [2.45, 2.75) is 6.92 Å². The molecule has 7 heteroatoms. The zero-order chi connectivity index (χ0) is 16.4. The second-order valence-electron chi connectivity index (χ2n) is 4.84. The van der Waals surface area contributed by atoms with Crippen LogP contribution in [0, 0.1) is 18.3 Å². The smallest absolute Gasteiger partial charge is 0.358 e. The van der Waals surface area contributed by atoms with Crippen molar-refractivity contribution in [3.8, 4) is 6.07 Å². The Morgan fingerprint density at radius 2 is 2.13 bits per heavy atom. The molecule has 1 N–H and O–H groups in total. The zero-order valence-corrected chi connectivity index (χ0v) is 12.1. The first-order valence-electron chi connectivity index (χ1n) is 6.73. The number of azo groups is 1. The number of aromatic carboxylic acids is 1. The number of pyridine rings is 1. The van der Waals surface area contributed by atoms with E-state index < -0.39 is 5.97 Å². The molecule has 112 valence electrons. The second-order valence-corrected chi connectivity index (χ2v) is 4.84. The molecule has 0 fully saturated rings. The van der Waals surface area contributed by atoms with Gasteiger partial charge in [0.25, 0.3) is 0 Å². The van der Waals surface area contributed by atoms with Crippen molar-refractivity contribution in [1.82, 2.24) is 9.38 Å². The SMILES string of the molecule is Cc1cccn2c(N=Nc3cccc(C#N)c3)c(C(=O)O)nc12. The number of carboxylic acid groups (broad SMARTS) is 1. The van der Waals surface area contributed by atoms with Crippen molar-refractivity contribution in [3.63, 3.8) is 0 Å². The van der Waals surface area contributed by atoms with E-state index in [2.05, 4.69) is 15.2 Å². The van der Waals surface area contributed by atoms with Crippen LogP contribution in [0.25, 0.3) is 5.65 Å². The summed E-state index contributed by atoms with van der Waals surface area (Å²) in [5.41, 5.74) is 2.10. The number of benzene rings is 1. The lowest BCUT2D eigenvalue weighted by molar-refractivity contribution is 0.0692. The maximum atomic E-state index is 11.4. The molecule has 0 saturated carbocycles. The van der Waals surface area contributed by atoms with Gasteiger partial charge < -0.3 is 5.11 Å². The number of imidazole rings is 1. The number of fused-ring (bicyclic) bond motifs is 1. The Morgan fingerprint density at radius 3 is 2.87 bits per heavy atom. The van der Waals surface area contributed by atoms with E-state index in [9.17, 15) is 9.90 Å². The topological polar surface area (TPSA) is 103 Å². The van der Waals surface area contributed by atoms with Gasteiger partial charge in [-0.3, -0.25) is 4.40 Å². The number of aryl methyl sites for hydroxylation is 1. The highest BCUT2D eigenvalue weighted by atomic mass is 16.4. The Labute approximate surface area is 131 Å². The first-order valence-corrected chi connectivity index (χ1v) is 6.73. The number of nitrogens with zero attached hydrogens (tertiary/aromatic N) is 5. The van der Waals surface area contributed by atoms with Crippen LogP contribution in [0.3, 0.4) is 0 Å². The van der Waals surface area contributed by atoms with E-state index in [0.29, 0.717) is 16.9 Å². The normalized spacial score (nSPS) is 11.0. The second kappa shape index (κ2) is 5.69. The molecule has 3 aromatic rings. The highest BCUT2D eigenvalue weighted by molar-refractivity contribution is 5.92. The van der Waals surface area contributed by atoms with Crippen molar-refractivity contribution in [2.24, 2.45) is 10.2 Å². The van der Waals surface area contributed by atoms with Crippen LogP contribution >= 0.6 is 0 Å². The van der Waals surface area contributed by atoms with Gasteiger partial charge in [-0.2, -0.15) is 5.26 Å². The van der Waals surface area contributed by atoms with Gasteiger partial charge in [-0.15, -0.1) is 10.2 Å². The average molecular weight is 305 g/mol. The number of aromatic nitrogens is 2. The number of hydrogen-bond donors (Lipinski definition) is 1. The minimum atomic E-state index is -1.17. The van der Waals surface area contributed by atoms with Crippen LogP contribution in [0.15, 0.2) is 52.8 Å². The number of hydrogen-bond acceptors (Lipinski definition) is 5. The third-order valence-corrected chi connectivity index (χ3v) is 3.26. The summed E-state index contributed by atoms with van der Waals surface area (Å²) in [5.74, 6) is -1.04.